The van der Waals surface area contributed by atoms with Crippen LogP contribution < -0.4 is 10.1 Å². The molecule has 0 amide bonds. The van der Waals surface area contributed by atoms with Gasteiger partial charge in [0.15, 0.2) is 0 Å². The number of hydrazine groups is 1. The Morgan fingerprint density at radius 2 is 2.00 bits per heavy atom. The van der Waals surface area contributed by atoms with E-state index in [0.29, 0.717) is 15.7 Å². The second-order valence-corrected chi connectivity index (χ2v) is 11.1. The molecule has 3 rings (SSSR count). The summed E-state index contributed by atoms with van der Waals surface area (Å²) in [7, 11) is -3.96. The predicted octanol–water partition coefficient (Wildman–Crippen LogP) is 2.06. The molecular formula is C21H24FN4O6S3-. The zero-order valence-corrected chi connectivity index (χ0v) is 21.0. The molecule has 10 nitrogen and oxygen atoms in total. The molecule has 0 saturated carbocycles. The lowest BCUT2D eigenvalue weighted by atomic mass is 10.1. The Hall–Kier alpha value is -2.33. The summed E-state index contributed by atoms with van der Waals surface area (Å²) in [6.07, 6.45) is 3.69. The molecule has 0 saturated heterocycles. The number of nitrogens with one attached hydrogen (secondary N) is 3. The highest BCUT2D eigenvalue weighted by Crippen LogP contribution is 2.29. The second-order valence-electron chi connectivity index (χ2n) is 7.44. The Labute approximate surface area is 208 Å². The van der Waals surface area contributed by atoms with Crippen molar-refractivity contribution < 1.29 is 31.5 Å². The standard InChI is InChI=1S/C21H25FN4O6S3/c1-33-11-8-19(21(27)28)25-26(34(29)30)10-9-24-35(31,32)16-5-2-14(3-6-16)18-13-23-20-12-15(22)4-7-17(18)20/h2-7,12-13,19,23-25H,8-11H2,1H3,(H,27,28)(H,29,30)/p-1/t19-/m0/s1. The molecule has 14 heteroatoms. The van der Waals surface area contributed by atoms with Gasteiger partial charge in [0.1, 0.15) is 11.9 Å². The number of carboxylic acid groups (broad SMARTS) is 1. The molecule has 3 aromatic rings. The number of carboxylic acids is 1. The highest BCUT2D eigenvalue weighted by atomic mass is 32.2. The van der Waals surface area contributed by atoms with E-state index < -0.39 is 33.3 Å². The Morgan fingerprint density at radius 3 is 2.63 bits per heavy atom. The van der Waals surface area contributed by atoms with Crippen LogP contribution in [0.25, 0.3) is 22.0 Å². The fraction of sp³-hybridized carbons (Fsp3) is 0.286. The lowest BCUT2D eigenvalue weighted by molar-refractivity contribution is -0.140. The number of aliphatic carboxylic acids is 1. The molecule has 0 fully saturated rings. The van der Waals surface area contributed by atoms with E-state index in [1.165, 1.54) is 36.0 Å². The van der Waals surface area contributed by atoms with Crippen molar-refractivity contribution in [3.8, 4) is 11.1 Å². The van der Waals surface area contributed by atoms with E-state index in [0.717, 1.165) is 16.5 Å². The first-order valence-electron chi connectivity index (χ1n) is 10.3. The first-order valence-corrected chi connectivity index (χ1v) is 14.2. The van der Waals surface area contributed by atoms with Gasteiger partial charge in [0.25, 0.3) is 0 Å². The summed E-state index contributed by atoms with van der Waals surface area (Å²) >= 11 is -1.39. The third kappa shape index (κ3) is 7.10. The fourth-order valence-electron chi connectivity index (χ4n) is 3.35. The largest absolute Gasteiger partial charge is 0.759 e. The number of rotatable bonds is 13. The lowest BCUT2D eigenvalue weighted by Gasteiger charge is -2.28. The molecule has 2 aromatic carbocycles. The number of benzene rings is 2. The predicted molar refractivity (Wildman–Crippen MR) is 132 cm³/mol. The maximum Gasteiger partial charge on any atom is 0.322 e. The number of carbonyl (C=O) groups is 1. The number of hydrogen-bond donors (Lipinski definition) is 4. The zero-order valence-electron chi connectivity index (χ0n) is 18.6. The molecule has 0 radical (unpaired) electrons. The molecule has 1 heterocycles. The van der Waals surface area contributed by atoms with Crippen LogP contribution >= 0.6 is 11.8 Å². The average Bonchev–Trinajstić information content (AvgIpc) is 3.23. The van der Waals surface area contributed by atoms with E-state index in [1.807, 2.05) is 0 Å². The molecule has 1 unspecified atom stereocenters. The maximum absolute atomic E-state index is 13.4. The van der Waals surface area contributed by atoms with Crippen LogP contribution in [0.15, 0.2) is 53.6 Å². The molecule has 190 valence electrons. The number of nitrogens with zero attached hydrogens (tertiary/aromatic N) is 1. The number of aromatic amines is 1. The topological polar surface area (TPSA) is 155 Å². The molecule has 0 aliphatic carbocycles. The van der Waals surface area contributed by atoms with Crippen molar-refractivity contribution in [3.63, 3.8) is 0 Å². The minimum Gasteiger partial charge on any atom is -0.759 e. The number of thioether (sulfide) groups is 1. The second kappa shape index (κ2) is 12.1. The summed E-state index contributed by atoms with van der Waals surface area (Å²) in [5, 5.41) is 10.1. The van der Waals surface area contributed by atoms with Crippen LogP contribution in [-0.4, -0.2) is 68.8 Å². The van der Waals surface area contributed by atoms with Crippen LogP contribution in [0.5, 0.6) is 0 Å². The van der Waals surface area contributed by atoms with Gasteiger partial charge in [-0.2, -0.15) is 16.2 Å². The molecule has 4 N–H and O–H groups in total. The van der Waals surface area contributed by atoms with Gasteiger partial charge >= 0.3 is 5.97 Å². The molecule has 2 atom stereocenters. The van der Waals surface area contributed by atoms with Crippen LogP contribution in [0, 0.1) is 5.82 Å². The third-order valence-electron chi connectivity index (χ3n) is 5.11. The van der Waals surface area contributed by atoms with E-state index in [1.54, 1.807) is 30.7 Å². The van der Waals surface area contributed by atoms with Crippen molar-refractivity contribution in [2.45, 2.75) is 17.4 Å². The van der Waals surface area contributed by atoms with Gasteiger partial charge in [-0.05, 0) is 54.3 Å². The summed E-state index contributed by atoms with van der Waals surface area (Å²) < 4.78 is 64.7. The van der Waals surface area contributed by atoms with E-state index in [2.05, 4.69) is 15.1 Å². The summed E-state index contributed by atoms with van der Waals surface area (Å²) in [5.41, 5.74) is 4.53. The maximum atomic E-state index is 13.4. The van der Waals surface area contributed by atoms with Crippen LogP contribution in [0.4, 0.5) is 4.39 Å². The van der Waals surface area contributed by atoms with Crippen molar-refractivity contribution in [2.75, 3.05) is 25.1 Å². The van der Waals surface area contributed by atoms with Crippen molar-refractivity contribution in [1.82, 2.24) is 19.5 Å². The zero-order chi connectivity index (χ0) is 25.6. The minimum atomic E-state index is -3.96. The lowest BCUT2D eigenvalue weighted by Crippen LogP contribution is -2.51. The van der Waals surface area contributed by atoms with E-state index in [-0.39, 0.29) is 30.2 Å². The van der Waals surface area contributed by atoms with Crippen LogP contribution in [0.3, 0.4) is 0 Å². The molecule has 0 bridgehead atoms. The third-order valence-corrected chi connectivity index (χ3v) is 7.88. The Morgan fingerprint density at radius 1 is 1.29 bits per heavy atom. The van der Waals surface area contributed by atoms with Gasteiger partial charge in [0, 0.05) is 47.0 Å². The van der Waals surface area contributed by atoms with E-state index in [9.17, 15) is 31.5 Å². The van der Waals surface area contributed by atoms with Gasteiger partial charge in [-0.15, -0.1) is 0 Å². The minimum absolute atomic E-state index is 0.0294. The number of aromatic nitrogens is 1. The van der Waals surface area contributed by atoms with Gasteiger partial charge in [-0.3, -0.25) is 9.00 Å². The monoisotopic (exact) mass is 543 g/mol. The number of H-pyrrole nitrogens is 1. The van der Waals surface area contributed by atoms with Gasteiger partial charge in [0.2, 0.25) is 10.0 Å². The molecule has 0 aliphatic heterocycles. The normalized spacial score (nSPS) is 13.8. The summed E-state index contributed by atoms with van der Waals surface area (Å²) in [5.74, 6) is -1.08. The van der Waals surface area contributed by atoms with Crippen molar-refractivity contribution >= 4 is 49.9 Å². The first-order chi connectivity index (χ1) is 16.6. The van der Waals surface area contributed by atoms with E-state index in [4.69, 9.17) is 0 Å². The summed E-state index contributed by atoms with van der Waals surface area (Å²) in [4.78, 5) is 14.3. The van der Waals surface area contributed by atoms with Crippen LogP contribution in [-0.2, 0) is 26.1 Å². The van der Waals surface area contributed by atoms with Gasteiger partial charge in [-0.25, -0.2) is 23.0 Å². The molecule has 1 aromatic heterocycles. The van der Waals surface area contributed by atoms with Gasteiger partial charge in [0.05, 0.1) is 4.90 Å². The highest BCUT2D eigenvalue weighted by Gasteiger charge is 2.21. The van der Waals surface area contributed by atoms with Crippen LogP contribution in [0.2, 0.25) is 0 Å². The molecular weight excluding hydrogens is 519 g/mol. The summed E-state index contributed by atoms with van der Waals surface area (Å²) in [6.45, 7) is -0.601. The number of fused-ring (bicyclic) bond motifs is 1. The number of sulfonamides is 1. The Kier molecular flexibility index (Phi) is 9.40. The Balaban J connectivity index is 1.65. The Bertz CT molecular complexity index is 1300. The average molecular weight is 544 g/mol. The van der Waals surface area contributed by atoms with E-state index >= 15 is 0 Å². The highest BCUT2D eigenvalue weighted by molar-refractivity contribution is 7.98. The van der Waals surface area contributed by atoms with Gasteiger partial charge < -0.3 is 14.6 Å². The SMILES string of the molecule is CSCC[C@H](NN(CCNS(=O)(=O)c1ccc(-c2c[nH]c3cc(F)ccc23)cc1)S(=O)[O-])C(=O)O. The van der Waals surface area contributed by atoms with Crippen molar-refractivity contribution in [3.05, 3.63) is 54.5 Å². The molecule has 35 heavy (non-hydrogen) atoms. The summed E-state index contributed by atoms with van der Waals surface area (Å²) in [6, 6.07) is 9.26. The number of halogens is 1. The number of hydrogen-bond acceptors (Lipinski definition) is 7. The fourth-order valence-corrected chi connectivity index (χ4v) is 5.30. The quantitative estimate of drug-likeness (QED) is 0.189. The van der Waals surface area contributed by atoms with Crippen molar-refractivity contribution in [1.29, 1.82) is 0 Å². The molecule has 0 aliphatic rings. The van der Waals surface area contributed by atoms with Crippen LogP contribution in [0.1, 0.15) is 6.42 Å². The van der Waals surface area contributed by atoms with Crippen molar-refractivity contribution in [2.24, 2.45) is 0 Å². The molecule has 0 spiro atoms. The first kappa shape index (κ1) is 27.3. The smallest absolute Gasteiger partial charge is 0.322 e. The van der Waals surface area contributed by atoms with Gasteiger partial charge in [-0.1, -0.05) is 12.1 Å².